The zero-order valence-corrected chi connectivity index (χ0v) is 19.4. The average Bonchev–Trinajstić information content (AvgIpc) is 3.44. The zero-order valence-electron chi connectivity index (χ0n) is 16.3. The van der Waals surface area contributed by atoms with Crippen LogP contribution in [0.2, 0.25) is 0 Å². The number of amides is 1. The van der Waals surface area contributed by atoms with Gasteiger partial charge in [-0.2, -0.15) is 11.8 Å². The van der Waals surface area contributed by atoms with Crippen molar-refractivity contribution in [2.24, 2.45) is 10.9 Å². The molecule has 0 radical (unpaired) electrons. The Bertz CT molecular complexity index is 449. The maximum Gasteiger partial charge on any atom is 0.407 e. The number of carbonyl (C=O) groups excluding carboxylic acids is 1. The standard InChI is InChI=1S/C18H34N4O2S.HI/c1-4-19-17(21-14-7-6-8-15(11-14)25-3)20-12-16(13-9-10-13)22-18(23)24-5-2;/h13-16H,4-12H2,1-3H3,(H,22,23)(H2,19,20,21);1H. The van der Waals surface area contributed by atoms with Crippen LogP contribution in [-0.2, 0) is 4.74 Å². The molecule has 3 atom stereocenters. The van der Waals surface area contributed by atoms with E-state index in [2.05, 4.69) is 29.1 Å². The molecule has 0 spiro atoms. The van der Waals surface area contributed by atoms with E-state index < -0.39 is 0 Å². The van der Waals surface area contributed by atoms with E-state index in [1.807, 2.05) is 18.7 Å². The Morgan fingerprint density at radius 2 is 2.04 bits per heavy atom. The number of nitrogens with zero attached hydrogens (tertiary/aromatic N) is 1. The number of guanidine groups is 1. The molecule has 0 bridgehead atoms. The molecule has 0 aromatic heterocycles. The number of hydrogen-bond acceptors (Lipinski definition) is 4. The number of hydrogen-bond donors (Lipinski definition) is 3. The molecule has 2 saturated carbocycles. The second kappa shape index (κ2) is 12.9. The largest absolute Gasteiger partial charge is 0.450 e. The van der Waals surface area contributed by atoms with Crippen LogP contribution in [-0.4, -0.2) is 55.3 Å². The lowest BCUT2D eigenvalue weighted by molar-refractivity contribution is 0.147. The highest BCUT2D eigenvalue weighted by Gasteiger charge is 2.32. The topological polar surface area (TPSA) is 74.8 Å². The van der Waals surface area contributed by atoms with Crippen LogP contribution in [0.15, 0.2) is 4.99 Å². The highest BCUT2D eigenvalue weighted by molar-refractivity contribution is 14.0. The van der Waals surface area contributed by atoms with Crippen molar-refractivity contribution in [3.05, 3.63) is 0 Å². The number of nitrogens with one attached hydrogen (secondary N) is 3. The molecule has 2 rings (SSSR count). The van der Waals surface area contributed by atoms with E-state index >= 15 is 0 Å². The van der Waals surface area contributed by atoms with Crippen LogP contribution < -0.4 is 16.0 Å². The van der Waals surface area contributed by atoms with Crippen LogP contribution in [0, 0.1) is 5.92 Å². The minimum Gasteiger partial charge on any atom is -0.450 e. The normalized spacial score (nSPS) is 24.2. The van der Waals surface area contributed by atoms with E-state index in [4.69, 9.17) is 9.73 Å². The molecule has 0 aromatic carbocycles. The van der Waals surface area contributed by atoms with Crippen LogP contribution in [0.3, 0.4) is 0 Å². The summed E-state index contributed by atoms with van der Waals surface area (Å²) < 4.78 is 5.02. The molecule has 3 N–H and O–H groups in total. The molecule has 0 aliphatic heterocycles. The third-order valence-corrected chi connectivity index (χ3v) is 5.96. The Morgan fingerprint density at radius 3 is 2.65 bits per heavy atom. The molecule has 0 aromatic rings. The predicted molar refractivity (Wildman–Crippen MR) is 121 cm³/mol. The lowest BCUT2D eigenvalue weighted by atomic mass is 9.95. The molecule has 152 valence electrons. The number of thioether (sulfide) groups is 1. The molecule has 2 aliphatic rings. The lowest BCUT2D eigenvalue weighted by Gasteiger charge is -2.30. The van der Waals surface area contributed by atoms with Gasteiger partial charge in [-0.15, -0.1) is 24.0 Å². The first-order valence-electron chi connectivity index (χ1n) is 9.67. The summed E-state index contributed by atoms with van der Waals surface area (Å²) in [6.45, 7) is 5.73. The molecule has 2 fully saturated rings. The molecule has 26 heavy (non-hydrogen) atoms. The van der Waals surface area contributed by atoms with Gasteiger partial charge in [0.25, 0.3) is 0 Å². The Labute approximate surface area is 179 Å². The molecule has 0 saturated heterocycles. The Morgan fingerprint density at radius 1 is 1.27 bits per heavy atom. The molecule has 2 aliphatic carbocycles. The molecule has 6 nitrogen and oxygen atoms in total. The fourth-order valence-corrected chi connectivity index (χ4v) is 4.16. The second-order valence-corrected chi connectivity index (χ2v) is 8.03. The van der Waals surface area contributed by atoms with Crippen molar-refractivity contribution in [3.63, 3.8) is 0 Å². The van der Waals surface area contributed by atoms with E-state index in [1.54, 1.807) is 0 Å². The van der Waals surface area contributed by atoms with Gasteiger partial charge in [0, 0.05) is 17.8 Å². The highest BCUT2D eigenvalue weighted by Crippen LogP contribution is 2.33. The van der Waals surface area contributed by atoms with Crippen LogP contribution >= 0.6 is 35.7 Å². The van der Waals surface area contributed by atoms with Gasteiger partial charge in [-0.05, 0) is 58.1 Å². The van der Waals surface area contributed by atoms with E-state index in [1.165, 1.54) is 25.7 Å². The Balaban J connectivity index is 0.00000338. The first-order valence-corrected chi connectivity index (χ1v) is 11.0. The summed E-state index contributed by atoms with van der Waals surface area (Å²) in [6, 6.07) is 0.557. The van der Waals surface area contributed by atoms with Crippen molar-refractivity contribution < 1.29 is 9.53 Å². The van der Waals surface area contributed by atoms with Gasteiger partial charge in [0.05, 0.1) is 19.2 Å². The maximum absolute atomic E-state index is 11.7. The van der Waals surface area contributed by atoms with Crippen molar-refractivity contribution in [2.45, 2.75) is 69.7 Å². The van der Waals surface area contributed by atoms with E-state index in [0.717, 1.165) is 30.6 Å². The van der Waals surface area contributed by atoms with Gasteiger partial charge in [-0.25, -0.2) is 4.79 Å². The fourth-order valence-electron chi connectivity index (χ4n) is 3.33. The van der Waals surface area contributed by atoms with Gasteiger partial charge in [0.1, 0.15) is 0 Å². The first kappa shape index (κ1) is 23.7. The summed E-state index contributed by atoms with van der Waals surface area (Å²) in [5.41, 5.74) is 0. The van der Waals surface area contributed by atoms with Crippen LogP contribution in [0.5, 0.6) is 0 Å². The van der Waals surface area contributed by atoms with Gasteiger partial charge in [-0.3, -0.25) is 4.99 Å². The summed E-state index contributed by atoms with van der Waals surface area (Å²) in [5, 5.41) is 10.7. The number of rotatable bonds is 8. The van der Waals surface area contributed by atoms with Gasteiger partial charge in [0.15, 0.2) is 5.96 Å². The van der Waals surface area contributed by atoms with Crippen LogP contribution in [0.4, 0.5) is 4.79 Å². The van der Waals surface area contributed by atoms with Crippen molar-refractivity contribution in [2.75, 3.05) is 26.0 Å². The van der Waals surface area contributed by atoms with Gasteiger partial charge < -0.3 is 20.7 Å². The monoisotopic (exact) mass is 498 g/mol. The van der Waals surface area contributed by atoms with Gasteiger partial charge in [-0.1, -0.05) is 6.42 Å². The summed E-state index contributed by atoms with van der Waals surface area (Å²) in [6.07, 6.45) is 9.19. The SMILES string of the molecule is CCNC(=NCC(NC(=O)OCC)C1CC1)NC1CCCC(SC)C1.I. The summed E-state index contributed by atoms with van der Waals surface area (Å²) in [4.78, 5) is 16.5. The smallest absolute Gasteiger partial charge is 0.407 e. The zero-order chi connectivity index (χ0) is 18.1. The lowest BCUT2D eigenvalue weighted by Crippen LogP contribution is -2.47. The number of ether oxygens (including phenoxy) is 1. The predicted octanol–water partition coefficient (Wildman–Crippen LogP) is 3.36. The van der Waals surface area contributed by atoms with Crippen molar-refractivity contribution in [1.82, 2.24) is 16.0 Å². The number of alkyl carbamates (subject to hydrolysis) is 1. The van der Waals surface area contributed by atoms with E-state index in [-0.39, 0.29) is 36.1 Å². The highest BCUT2D eigenvalue weighted by atomic mass is 127. The molecular weight excluding hydrogens is 463 g/mol. The Kier molecular flexibility index (Phi) is 11.7. The van der Waals surface area contributed by atoms with Gasteiger partial charge >= 0.3 is 6.09 Å². The van der Waals surface area contributed by atoms with Crippen LogP contribution in [0.25, 0.3) is 0 Å². The summed E-state index contributed by atoms with van der Waals surface area (Å²) in [7, 11) is 0. The minimum atomic E-state index is -0.331. The third-order valence-electron chi connectivity index (χ3n) is 4.86. The molecule has 3 unspecified atom stereocenters. The van der Waals surface area contributed by atoms with Gasteiger partial charge in [0.2, 0.25) is 0 Å². The Hall–Kier alpha value is -0.380. The van der Waals surface area contributed by atoms with Crippen molar-refractivity contribution >= 4 is 47.8 Å². The molecule has 1 amide bonds. The number of aliphatic imine (C=N–C) groups is 1. The fraction of sp³-hybridized carbons (Fsp3) is 0.889. The van der Waals surface area contributed by atoms with E-state index in [0.29, 0.717) is 25.1 Å². The molecule has 8 heteroatoms. The maximum atomic E-state index is 11.7. The van der Waals surface area contributed by atoms with E-state index in [9.17, 15) is 4.79 Å². The third kappa shape index (κ3) is 8.54. The molecule has 0 heterocycles. The first-order chi connectivity index (χ1) is 12.2. The minimum absolute atomic E-state index is 0. The quantitative estimate of drug-likeness (QED) is 0.272. The van der Waals surface area contributed by atoms with Crippen LogP contribution in [0.1, 0.15) is 52.4 Å². The number of carbonyl (C=O) groups is 1. The van der Waals surface area contributed by atoms with Crippen molar-refractivity contribution in [3.8, 4) is 0 Å². The summed E-state index contributed by atoms with van der Waals surface area (Å²) in [5.74, 6) is 1.40. The number of halogens is 1. The average molecular weight is 498 g/mol. The van der Waals surface area contributed by atoms with Crippen molar-refractivity contribution in [1.29, 1.82) is 0 Å². The summed E-state index contributed by atoms with van der Waals surface area (Å²) >= 11 is 1.97. The molecular formula is C18H35IN4O2S. The second-order valence-electron chi connectivity index (χ2n) is 6.89.